The van der Waals surface area contributed by atoms with Gasteiger partial charge < -0.3 is 9.64 Å². The van der Waals surface area contributed by atoms with Gasteiger partial charge in [0.2, 0.25) is 0 Å². The van der Waals surface area contributed by atoms with Gasteiger partial charge in [-0.3, -0.25) is 9.78 Å². The molecule has 0 unspecified atom stereocenters. The van der Waals surface area contributed by atoms with Gasteiger partial charge in [-0.2, -0.15) is 5.10 Å². The van der Waals surface area contributed by atoms with E-state index in [-0.39, 0.29) is 5.91 Å². The Morgan fingerprint density at radius 2 is 2.08 bits per heavy atom. The summed E-state index contributed by atoms with van der Waals surface area (Å²) >= 11 is 0. The topological polar surface area (TPSA) is 60.2 Å². The Morgan fingerprint density at radius 3 is 2.88 bits per heavy atom. The highest BCUT2D eigenvalue weighted by atomic mass is 16.5. The van der Waals surface area contributed by atoms with Crippen LogP contribution in [0.5, 0.6) is 5.75 Å². The normalized spacial score (nSPS) is 13.6. The highest BCUT2D eigenvalue weighted by molar-refractivity contribution is 5.96. The second-order valence-corrected chi connectivity index (χ2v) is 5.93. The second kappa shape index (κ2) is 6.39. The van der Waals surface area contributed by atoms with E-state index >= 15 is 0 Å². The number of pyridine rings is 1. The number of amides is 1. The van der Waals surface area contributed by atoms with Crippen molar-refractivity contribution >= 4 is 5.91 Å². The molecule has 6 heteroatoms. The van der Waals surface area contributed by atoms with Crippen LogP contribution in [0.25, 0.3) is 5.69 Å². The van der Waals surface area contributed by atoms with Crippen LogP contribution in [-0.2, 0) is 13.0 Å². The van der Waals surface area contributed by atoms with Crippen LogP contribution < -0.4 is 4.74 Å². The van der Waals surface area contributed by atoms with E-state index in [1.54, 1.807) is 30.4 Å². The van der Waals surface area contributed by atoms with Gasteiger partial charge in [-0.1, -0.05) is 18.2 Å². The molecule has 4 rings (SSSR count). The SMILES string of the molecule is COc1ccccc1CN1CCc2nn(-c3cccnc3)cc2C1=O. The largest absolute Gasteiger partial charge is 0.496 e. The zero-order chi connectivity index (χ0) is 17.2. The quantitative estimate of drug-likeness (QED) is 0.735. The van der Waals surface area contributed by atoms with Gasteiger partial charge in [0.05, 0.1) is 30.3 Å². The number of carbonyl (C=O) groups is 1. The lowest BCUT2D eigenvalue weighted by atomic mass is 10.1. The third-order valence-corrected chi connectivity index (χ3v) is 4.39. The van der Waals surface area contributed by atoms with Crippen molar-refractivity contribution in [1.29, 1.82) is 0 Å². The third-order valence-electron chi connectivity index (χ3n) is 4.39. The minimum atomic E-state index is 0.00213. The first-order valence-electron chi connectivity index (χ1n) is 8.16. The summed E-state index contributed by atoms with van der Waals surface area (Å²) in [5, 5.41) is 4.55. The Bertz CT molecular complexity index is 905. The fourth-order valence-corrected chi connectivity index (χ4v) is 3.10. The maximum absolute atomic E-state index is 12.9. The molecule has 1 aromatic carbocycles. The molecule has 0 saturated heterocycles. The smallest absolute Gasteiger partial charge is 0.257 e. The van der Waals surface area contributed by atoms with E-state index in [0.717, 1.165) is 29.1 Å². The number of fused-ring (bicyclic) bond motifs is 1. The van der Waals surface area contributed by atoms with E-state index in [0.29, 0.717) is 18.7 Å². The van der Waals surface area contributed by atoms with Crippen LogP contribution in [0.15, 0.2) is 55.0 Å². The number of nitrogens with zero attached hydrogens (tertiary/aromatic N) is 4. The maximum Gasteiger partial charge on any atom is 0.257 e. The van der Waals surface area contributed by atoms with E-state index in [1.807, 2.05) is 41.3 Å². The number of hydrogen-bond acceptors (Lipinski definition) is 4. The van der Waals surface area contributed by atoms with Crippen molar-refractivity contribution < 1.29 is 9.53 Å². The van der Waals surface area contributed by atoms with Crippen molar-refractivity contribution in [3.8, 4) is 11.4 Å². The lowest BCUT2D eigenvalue weighted by molar-refractivity contribution is 0.0725. The summed E-state index contributed by atoms with van der Waals surface area (Å²) in [7, 11) is 1.65. The highest BCUT2D eigenvalue weighted by Crippen LogP contribution is 2.24. The lowest BCUT2D eigenvalue weighted by Crippen LogP contribution is -2.36. The second-order valence-electron chi connectivity index (χ2n) is 5.93. The monoisotopic (exact) mass is 334 g/mol. The van der Waals surface area contributed by atoms with Crippen molar-refractivity contribution in [2.24, 2.45) is 0 Å². The van der Waals surface area contributed by atoms with Gasteiger partial charge in [-0.05, 0) is 18.2 Å². The molecule has 0 saturated carbocycles. The van der Waals surface area contributed by atoms with Gasteiger partial charge in [-0.25, -0.2) is 4.68 Å². The predicted molar refractivity (Wildman–Crippen MR) is 92.8 cm³/mol. The molecule has 3 aromatic rings. The van der Waals surface area contributed by atoms with Crippen LogP contribution in [0.2, 0.25) is 0 Å². The van der Waals surface area contributed by atoms with Gasteiger partial charge in [0.1, 0.15) is 5.75 Å². The van der Waals surface area contributed by atoms with E-state index < -0.39 is 0 Å². The number of rotatable bonds is 4. The minimum absolute atomic E-state index is 0.00213. The van der Waals surface area contributed by atoms with Crippen molar-refractivity contribution in [2.45, 2.75) is 13.0 Å². The lowest BCUT2D eigenvalue weighted by Gasteiger charge is -2.26. The fraction of sp³-hybridized carbons (Fsp3) is 0.211. The third kappa shape index (κ3) is 2.87. The molecule has 1 aliphatic heterocycles. The van der Waals surface area contributed by atoms with Crippen molar-refractivity contribution in [2.75, 3.05) is 13.7 Å². The molecule has 126 valence electrons. The summed E-state index contributed by atoms with van der Waals surface area (Å²) in [6, 6.07) is 11.6. The highest BCUT2D eigenvalue weighted by Gasteiger charge is 2.28. The molecular formula is C19H18N4O2. The van der Waals surface area contributed by atoms with Crippen LogP contribution in [0.3, 0.4) is 0 Å². The van der Waals surface area contributed by atoms with Crippen LogP contribution in [0.4, 0.5) is 0 Å². The van der Waals surface area contributed by atoms with Gasteiger partial charge in [0, 0.05) is 37.5 Å². The van der Waals surface area contributed by atoms with E-state index in [1.165, 1.54) is 0 Å². The molecule has 0 N–H and O–H groups in total. The number of methoxy groups -OCH3 is 1. The molecule has 3 heterocycles. The number of ether oxygens (including phenoxy) is 1. The Balaban J connectivity index is 1.60. The van der Waals surface area contributed by atoms with E-state index in [4.69, 9.17) is 4.74 Å². The molecule has 0 radical (unpaired) electrons. The maximum atomic E-state index is 12.9. The Labute approximate surface area is 145 Å². The van der Waals surface area contributed by atoms with Crippen LogP contribution in [0.1, 0.15) is 21.6 Å². The molecule has 6 nitrogen and oxygen atoms in total. The molecule has 0 fully saturated rings. The van der Waals surface area contributed by atoms with Crippen molar-refractivity contribution in [1.82, 2.24) is 19.7 Å². The molecule has 25 heavy (non-hydrogen) atoms. The van der Waals surface area contributed by atoms with Gasteiger partial charge in [0.15, 0.2) is 0 Å². The molecule has 0 aliphatic carbocycles. The van der Waals surface area contributed by atoms with Gasteiger partial charge >= 0.3 is 0 Å². The number of para-hydroxylation sites is 1. The van der Waals surface area contributed by atoms with Gasteiger partial charge in [0.25, 0.3) is 5.91 Å². The van der Waals surface area contributed by atoms with E-state index in [2.05, 4.69) is 10.1 Å². The minimum Gasteiger partial charge on any atom is -0.496 e. The Hall–Kier alpha value is -3.15. The summed E-state index contributed by atoms with van der Waals surface area (Å²) in [4.78, 5) is 18.8. The fourth-order valence-electron chi connectivity index (χ4n) is 3.10. The first-order chi connectivity index (χ1) is 12.3. The summed E-state index contributed by atoms with van der Waals surface area (Å²) in [5.74, 6) is 0.800. The summed E-state index contributed by atoms with van der Waals surface area (Å²) < 4.78 is 7.12. The molecule has 0 spiro atoms. The molecule has 0 bridgehead atoms. The number of aromatic nitrogens is 3. The predicted octanol–water partition coefficient (Wildman–Crippen LogP) is 2.47. The average molecular weight is 334 g/mol. The summed E-state index contributed by atoms with van der Waals surface area (Å²) in [6.07, 6.45) is 5.98. The summed E-state index contributed by atoms with van der Waals surface area (Å²) in [6.45, 7) is 1.17. The van der Waals surface area contributed by atoms with Crippen LogP contribution in [0, 0.1) is 0 Å². The molecule has 2 aromatic heterocycles. The first kappa shape index (κ1) is 15.4. The Kier molecular flexibility index (Phi) is 3.93. The van der Waals surface area contributed by atoms with Crippen molar-refractivity contribution in [3.05, 3.63) is 71.8 Å². The molecular weight excluding hydrogens is 316 g/mol. The summed E-state index contributed by atoms with van der Waals surface area (Å²) in [5.41, 5.74) is 3.34. The number of carbonyl (C=O) groups excluding carboxylic acids is 1. The van der Waals surface area contributed by atoms with Crippen LogP contribution >= 0.6 is 0 Å². The zero-order valence-electron chi connectivity index (χ0n) is 13.9. The van der Waals surface area contributed by atoms with Crippen molar-refractivity contribution in [3.63, 3.8) is 0 Å². The van der Waals surface area contributed by atoms with E-state index in [9.17, 15) is 4.79 Å². The molecule has 0 atom stereocenters. The zero-order valence-corrected chi connectivity index (χ0v) is 13.9. The Morgan fingerprint density at radius 1 is 1.20 bits per heavy atom. The average Bonchev–Trinajstić information content (AvgIpc) is 3.10. The molecule has 1 amide bonds. The number of benzene rings is 1. The standard InChI is InChI=1S/C19H18N4O2/c1-25-18-7-3-2-5-14(18)12-22-10-8-17-16(19(22)24)13-23(21-17)15-6-4-9-20-11-15/h2-7,9,11,13H,8,10,12H2,1H3. The molecule has 1 aliphatic rings. The van der Waals surface area contributed by atoms with Crippen LogP contribution in [-0.4, -0.2) is 39.2 Å². The van der Waals surface area contributed by atoms with Gasteiger partial charge in [-0.15, -0.1) is 0 Å². The number of hydrogen-bond donors (Lipinski definition) is 0. The first-order valence-corrected chi connectivity index (χ1v) is 8.16.